The summed E-state index contributed by atoms with van der Waals surface area (Å²) in [5.74, 6) is 1.76. The first-order valence-corrected chi connectivity index (χ1v) is 6.32. The van der Waals surface area contributed by atoms with E-state index in [1.165, 1.54) is 0 Å². The van der Waals surface area contributed by atoms with Gasteiger partial charge in [0, 0.05) is 24.5 Å². The van der Waals surface area contributed by atoms with E-state index < -0.39 is 0 Å². The fourth-order valence-corrected chi connectivity index (χ4v) is 1.58. The zero-order valence-corrected chi connectivity index (χ0v) is 12.4. The fraction of sp³-hybridized carbons (Fsp3) is 0.250. The number of benzene rings is 2. The van der Waals surface area contributed by atoms with Gasteiger partial charge in [0.1, 0.15) is 11.5 Å². The molecule has 0 aliphatic carbocycles. The summed E-state index contributed by atoms with van der Waals surface area (Å²) in [4.78, 5) is 0. The Labute approximate surface area is 120 Å². The SMILES string of the molecule is CNc1ccc(C)c(OC)c1.COc1ccc(N)cc1. The van der Waals surface area contributed by atoms with Crippen LogP contribution in [0.15, 0.2) is 42.5 Å². The van der Waals surface area contributed by atoms with Crippen molar-refractivity contribution in [3.8, 4) is 11.5 Å². The van der Waals surface area contributed by atoms with Gasteiger partial charge in [-0.05, 0) is 42.8 Å². The van der Waals surface area contributed by atoms with Gasteiger partial charge in [-0.1, -0.05) is 6.07 Å². The molecular weight excluding hydrogens is 252 g/mol. The number of hydrogen-bond acceptors (Lipinski definition) is 4. The number of anilines is 2. The van der Waals surface area contributed by atoms with E-state index in [1.807, 2.05) is 44.3 Å². The molecule has 2 aromatic rings. The summed E-state index contributed by atoms with van der Waals surface area (Å²) in [6.07, 6.45) is 0. The van der Waals surface area contributed by atoms with Crippen LogP contribution < -0.4 is 20.5 Å². The molecule has 20 heavy (non-hydrogen) atoms. The Bertz CT molecular complexity index is 525. The molecule has 0 aromatic heterocycles. The van der Waals surface area contributed by atoms with E-state index in [2.05, 4.69) is 5.32 Å². The van der Waals surface area contributed by atoms with Crippen LogP contribution >= 0.6 is 0 Å². The number of rotatable bonds is 3. The number of hydrogen-bond donors (Lipinski definition) is 2. The van der Waals surface area contributed by atoms with E-state index in [0.29, 0.717) is 0 Å². The second kappa shape index (κ2) is 7.94. The number of nitrogen functional groups attached to an aromatic ring is 1. The molecule has 2 rings (SSSR count). The predicted octanol–water partition coefficient (Wildman–Crippen LogP) is 3.32. The molecule has 3 N–H and O–H groups in total. The van der Waals surface area contributed by atoms with Gasteiger partial charge in [-0.3, -0.25) is 0 Å². The lowest BCUT2D eigenvalue weighted by molar-refractivity contribution is 0.412. The maximum atomic E-state index is 5.43. The molecule has 0 saturated carbocycles. The number of nitrogens with two attached hydrogens (primary N) is 1. The lowest BCUT2D eigenvalue weighted by atomic mass is 10.2. The van der Waals surface area contributed by atoms with Gasteiger partial charge in [0.25, 0.3) is 0 Å². The van der Waals surface area contributed by atoms with Gasteiger partial charge in [0.2, 0.25) is 0 Å². The van der Waals surface area contributed by atoms with Crippen molar-refractivity contribution in [2.24, 2.45) is 0 Å². The standard InChI is InChI=1S/C9H13NO.C7H9NO/c1-7-4-5-8(10-2)6-9(7)11-3;1-9-7-4-2-6(8)3-5-7/h4-6,10H,1-3H3;2-5H,8H2,1H3. The highest BCUT2D eigenvalue weighted by Gasteiger charge is 1.97. The lowest BCUT2D eigenvalue weighted by Crippen LogP contribution is -1.91. The first-order valence-electron chi connectivity index (χ1n) is 6.32. The van der Waals surface area contributed by atoms with Crippen molar-refractivity contribution >= 4 is 11.4 Å². The predicted molar refractivity (Wildman–Crippen MR) is 84.7 cm³/mol. The van der Waals surface area contributed by atoms with E-state index in [1.54, 1.807) is 26.4 Å². The quantitative estimate of drug-likeness (QED) is 0.843. The molecule has 4 nitrogen and oxygen atoms in total. The number of nitrogens with one attached hydrogen (secondary N) is 1. The highest BCUT2D eigenvalue weighted by molar-refractivity contribution is 5.50. The Balaban J connectivity index is 0.000000204. The van der Waals surface area contributed by atoms with Crippen molar-refractivity contribution in [1.82, 2.24) is 0 Å². The highest BCUT2D eigenvalue weighted by atomic mass is 16.5. The van der Waals surface area contributed by atoms with E-state index in [9.17, 15) is 0 Å². The van der Waals surface area contributed by atoms with Crippen LogP contribution in [0.2, 0.25) is 0 Å². The Hall–Kier alpha value is -2.36. The fourth-order valence-electron chi connectivity index (χ4n) is 1.58. The summed E-state index contributed by atoms with van der Waals surface area (Å²) in [7, 11) is 5.21. The molecule has 0 fully saturated rings. The third-order valence-electron chi connectivity index (χ3n) is 2.81. The molecule has 0 heterocycles. The Morgan fingerprint density at radius 3 is 2.10 bits per heavy atom. The van der Waals surface area contributed by atoms with Gasteiger partial charge >= 0.3 is 0 Å². The average molecular weight is 274 g/mol. The molecule has 0 radical (unpaired) electrons. The van der Waals surface area contributed by atoms with Crippen LogP contribution in [0.3, 0.4) is 0 Å². The molecule has 0 bridgehead atoms. The van der Waals surface area contributed by atoms with Crippen LogP contribution in [0.25, 0.3) is 0 Å². The Kier molecular flexibility index (Phi) is 6.23. The van der Waals surface area contributed by atoms with Crippen molar-refractivity contribution in [3.63, 3.8) is 0 Å². The minimum atomic E-state index is 0.760. The monoisotopic (exact) mass is 274 g/mol. The molecule has 0 atom stereocenters. The topological polar surface area (TPSA) is 56.5 Å². The highest BCUT2D eigenvalue weighted by Crippen LogP contribution is 2.21. The van der Waals surface area contributed by atoms with Crippen molar-refractivity contribution in [1.29, 1.82) is 0 Å². The van der Waals surface area contributed by atoms with Gasteiger partial charge in [-0.2, -0.15) is 0 Å². The van der Waals surface area contributed by atoms with Crippen molar-refractivity contribution in [2.45, 2.75) is 6.92 Å². The van der Waals surface area contributed by atoms with Crippen LogP contribution in [0.5, 0.6) is 11.5 Å². The molecule has 0 saturated heterocycles. The maximum absolute atomic E-state index is 5.43. The van der Waals surface area contributed by atoms with Gasteiger partial charge in [-0.15, -0.1) is 0 Å². The largest absolute Gasteiger partial charge is 0.497 e. The Morgan fingerprint density at radius 2 is 1.60 bits per heavy atom. The molecule has 108 valence electrons. The van der Waals surface area contributed by atoms with E-state index in [-0.39, 0.29) is 0 Å². The molecule has 0 unspecified atom stereocenters. The van der Waals surface area contributed by atoms with Crippen LogP contribution in [-0.4, -0.2) is 21.3 Å². The molecule has 0 aliphatic rings. The average Bonchev–Trinajstić information content (AvgIpc) is 2.49. The van der Waals surface area contributed by atoms with Gasteiger partial charge in [-0.25, -0.2) is 0 Å². The third-order valence-corrected chi connectivity index (χ3v) is 2.81. The number of methoxy groups -OCH3 is 2. The number of aryl methyl sites for hydroxylation is 1. The molecule has 4 heteroatoms. The van der Waals surface area contributed by atoms with Crippen LogP contribution in [0.4, 0.5) is 11.4 Å². The summed E-state index contributed by atoms with van der Waals surface area (Å²) in [6, 6.07) is 13.3. The van der Waals surface area contributed by atoms with E-state index in [4.69, 9.17) is 15.2 Å². The summed E-state index contributed by atoms with van der Waals surface area (Å²) in [5.41, 5.74) is 8.42. The minimum absolute atomic E-state index is 0.760. The normalized spacial score (nSPS) is 9.20. The first kappa shape index (κ1) is 15.7. The Morgan fingerprint density at radius 1 is 0.950 bits per heavy atom. The first-order chi connectivity index (χ1) is 9.60. The molecule has 0 aliphatic heterocycles. The molecule has 0 spiro atoms. The van der Waals surface area contributed by atoms with Crippen LogP contribution in [0, 0.1) is 6.92 Å². The second-order valence-corrected chi connectivity index (χ2v) is 4.21. The zero-order valence-electron chi connectivity index (χ0n) is 12.4. The summed E-state index contributed by atoms with van der Waals surface area (Å²) < 4.78 is 10.1. The smallest absolute Gasteiger partial charge is 0.123 e. The van der Waals surface area contributed by atoms with Crippen molar-refractivity contribution in [2.75, 3.05) is 32.3 Å². The van der Waals surface area contributed by atoms with Crippen molar-refractivity contribution < 1.29 is 9.47 Å². The molecular formula is C16H22N2O2. The van der Waals surface area contributed by atoms with Gasteiger partial charge in [0.05, 0.1) is 14.2 Å². The maximum Gasteiger partial charge on any atom is 0.123 e. The summed E-state index contributed by atoms with van der Waals surface area (Å²) in [5, 5.41) is 3.05. The second-order valence-electron chi connectivity index (χ2n) is 4.21. The summed E-state index contributed by atoms with van der Waals surface area (Å²) in [6.45, 7) is 2.03. The summed E-state index contributed by atoms with van der Waals surface area (Å²) >= 11 is 0. The van der Waals surface area contributed by atoms with Crippen LogP contribution in [-0.2, 0) is 0 Å². The van der Waals surface area contributed by atoms with E-state index >= 15 is 0 Å². The lowest BCUT2D eigenvalue weighted by Gasteiger charge is -2.06. The number of ether oxygens (including phenoxy) is 2. The third kappa shape index (κ3) is 4.72. The van der Waals surface area contributed by atoms with Crippen LogP contribution in [0.1, 0.15) is 5.56 Å². The minimum Gasteiger partial charge on any atom is -0.497 e. The zero-order chi connectivity index (χ0) is 15.0. The van der Waals surface area contributed by atoms with Gasteiger partial charge < -0.3 is 20.5 Å². The molecule has 0 amide bonds. The van der Waals surface area contributed by atoms with E-state index in [0.717, 1.165) is 28.4 Å². The molecule has 2 aromatic carbocycles. The van der Waals surface area contributed by atoms with Gasteiger partial charge in [0.15, 0.2) is 0 Å². The van der Waals surface area contributed by atoms with Crippen molar-refractivity contribution in [3.05, 3.63) is 48.0 Å².